The number of benzene rings is 2. The number of aromatic nitrogens is 2. The van der Waals surface area contributed by atoms with Crippen LogP contribution in [-0.4, -0.2) is 9.55 Å². The van der Waals surface area contributed by atoms with E-state index >= 15 is 0 Å². The van der Waals surface area contributed by atoms with Crippen LogP contribution in [0, 0.1) is 0 Å². The van der Waals surface area contributed by atoms with Crippen molar-refractivity contribution in [1.29, 1.82) is 0 Å². The predicted octanol–water partition coefficient (Wildman–Crippen LogP) is 4.38. The number of thioether (sulfide) groups is 1. The molecular formula is C17H16N2S. The molecule has 0 aliphatic rings. The molecule has 0 bridgehead atoms. The molecule has 0 atom stereocenters. The van der Waals surface area contributed by atoms with E-state index < -0.39 is 0 Å². The van der Waals surface area contributed by atoms with Gasteiger partial charge in [0, 0.05) is 25.2 Å². The minimum Gasteiger partial charge on any atom is -0.329 e. The number of rotatable bonds is 4. The molecule has 0 aliphatic heterocycles. The highest BCUT2D eigenvalue weighted by atomic mass is 32.2. The van der Waals surface area contributed by atoms with Gasteiger partial charge in [0.25, 0.3) is 0 Å². The molecule has 3 rings (SSSR count). The maximum atomic E-state index is 4.32. The Labute approximate surface area is 123 Å². The fourth-order valence-electron chi connectivity index (χ4n) is 2.06. The lowest BCUT2D eigenvalue weighted by Gasteiger charge is -2.05. The molecule has 20 heavy (non-hydrogen) atoms. The van der Waals surface area contributed by atoms with Crippen LogP contribution in [-0.2, 0) is 12.8 Å². The van der Waals surface area contributed by atoms with Crippen molar-refractivity contribution in [2.75, 3.05) is 0 Å². The van der Waals surface area contributed by atoms with Gasteiger partial charge in [-0.3, -0.25) is 0 Å². The standard InChI is InChI=1S/C17H16N2S/c1-19-12-11-18-17(19)20-13-14-7-9-16(10-8-14)15-5-3-2-4-6-15/h2-12H,13H2,1H3. The van der Waals surface area contributed by atoms with E-state index in [1.807, 2.05) is 30.1 Å². The fourth-order valence-corrected chi connectivity index (χ4v) is 2.95. The van der Waals surface area contributed by atoms with Crippen molar-refractivity contribution < 1.29 is 0 Å². The molecule has 0 saturated heterocycles. The second kappa shape index (κ2) is 5.97. The Hall–Kier alpha value is -2.00. The second-order valence-electron chi connectivity index (χ2n) is 4.67. The van der Waals surface area contributed by atoms with Gasteiger partial charge in [-0.05, 0) is 16.7 Å². The molecule has 0 N–H and O–H groups in total. The van der Waals surface area contributed by atoms with E-state index in [1.54, 1.807) is 11.8 Å². The van der Waals surface area contributed by atoms with Crippen molar-refractivity contribution in [2.24, 2.45) is 7.05 Å². The van der Waals surface area contributed by atoms with E-state index in [2.05, 4.69) is 53.5 Å². The maximum Gasteiger partial charge on any atom is 0.167 e. The maximum absolute atomic E-state index is 4.32. The van der Waals surface area contributed by atoms with Crippen LogP contribution >= 0.6 is 11.8 Å². The summed E-state index contributed by atoms with van der Waals surface area (Å²) in [5.74, 6) is 0.944. The number of hydrogen-bond donors (Lipinski definition) is 0. The van der Waals surface area contributed by atoms with Crippen molar-refractivity contribution in [3.05, 3.63) is 72.6 Å². The average Bonchev–Trinajstić information content (AvgIpc) is 2.92. The topological polar surface area (TPSA) is 17.8 Å². The van der Waals surface area contributed by atoms with Crippen LogP contribution < -0.4 is 0 Å². The van der Waals surface area contributed by atoms with Crippen LogP contribution in [0.5, 0.6) is 0 Å². The first kappa shape index (κ1) is 13.0. The molecule has 3 aromatic rings. The van der Waals surface area contributed by atoms with Crippen molar-refractivity contribution in [3.63, 3.8) is 0 Å². The molecule has 3 heteroatoms. The molecule has 1 aromatic heterocycles. The molecule has 0 aliphatic carbocycles. The summed E-state index contributed by atoms with van der Waals surface area (Å²) in [6.07, 6.45) is 3.81. The van der Waals surface area contributed by atoms with Crippen LogP contribution in [0.25, 0.3) is 11.1 Å². The zero-order chi connectivity index (χ0) is 13.8. The quantitative estimate of drug-likeness (QED) is 0.660. The van der Waals surface area contributed by atoms with Gasteiger partial charge in [0.15, 0.2) is 5.16 Å². The molecule has 0 unspecified atom stereocenters. The molecule has 0 amide bonds. The lowest BCUT2D eigenvalue weighted by atomic mass is 10.0. The van der Waals surface area contributed by atoms with Gasteiger partial charge in [0.1, 0.15) is 0 Å². The minimum absolute atomic E-state index is 0.944. The molecule has 100 valence electrons. The summed E-state index contributed by atoms with van der Waals surface area (Å²) < 4.78 is 2.04. The first-order valence-electron chi connectivity index (χ1n) is 6.57. The molecule has 2 nitrogen and oxygen atoms in total. The molecule has 0 radical (unpaired) electrons. The number of imidazole rings is 1. The first-order chi connectivity index (χ1) is 9.83. The van der Waals surface area contributed by atoms with E-state index in [0.717, 1.165) is 10.9 Å². The highest BCUT2D eigenvalue weighted by molar-refractivity contribution is 7.98. The summed E-state index contributed by atoms with van der Waals surface area (Å²) in [7, 11) is 2.02. The zero-order valence-corrected chi connectivity index (χ0v) is 12.2. The van der Waals surface area contributed by atoms with Crippen molar-refractivity contribution in [3.8, 4) is 11.1 Å². The van der Waals surface area contributed by atoms with Crippen LogP contribution in [0.4, 0.5) is 0 Å². The summed E-state index contributed by atoms with van der Waals surface area (Å²) in [6.45, 7) is 0. The van der Waals surface area contributed by atoms with Crippen LogP contribution in [0.1, 0.15) is 5.56 Å². The van der Waals surface area contributed by atoms with Gasteiger partial charge >= 0.3 is 0 Å². The van der Waals surface area contributed by atoms with Gasteiger partial charge in [-0.1, -0.05) is 66.4 Å². The second-order valence-corrected chi connectivity index (χ2v) is 5.61. The van der Waals surface area contributed by atoms with E-state index in [9.17, 15) is 0 Å². The molecular weight excluding hydrogens is 264 g/mol. The van der Waals surface area contributed by atoms with Gasteiger partial charge in [0.2, 0.25) is 0 Å². The number of hydrogen-bond acceptors (Lipinski definition) is 2. The Balaban J connectivity index is 1.69. The van der Waals surface area contributed by atoms with Crippen molar-refractivity contribution in [1.82, 2.24) is 9.55 Å². The molecule has 2 aromatic carbocycles. The first-order valence-corrected chi connectivity index (χ1v) is 7.56. The van der Waals surface area contributed by atoms with Gasteiger partial charge in [-0.25, -0.2) is 4.98 Å². The van der Waals surface area contributed by atoms with Crippen LogP contribution in [0.15, 0.2) is 72.1 Å². The number of nitrogens with zero attached hydrogens (tertiary/aromatic N) is 2. The predicted molar refractivity (Wildman–Crippen MR) is 84.6 cm³/mol. The van der Waals surface area contributed by atoms with Gasteiger partial charge < -0.3 is 4.57 Å². The van der Waals surface area contributed by atoms with Gasteiger partial charge in [-0.2, -0.15) is 0 Å². The lowest BCUT2D eigenvalue weighted by Crippen LogP contribution is -1.89. The Kier molecular flexibility index (Phi) is 3.88. The third-order valence-electron chi connectivity index (χ3n) is 3.21. The Morgan fingerprint density at radius 1 is 0.950 bits per heavy atom. The monoisotopic (exact) mass is 280 g/mol. The zero-order valence-electron chi connectivity index (χ0n) is 11.4. The highest BCUT2D eigenvalue weighted by Gasteiger charge is 2.02. The summed E-state index contributed by atoms with van der Waals surface area (Å²) in [4.78, 5) is 4.32. The summed E-state index contributed by atoms with van der Waals surface area (Å²) in [5, 5.41) is 1.05. The normalized spacial score (nSPS) is 10.7. The highest BCUT2D eigenvalue weighted by Crippen LogP contribution is 2.23. The molecule has 0 saturated carbocycles. The van der Waals surface area contributed by atoms with E-state index in [4.69, 9.17) is 0 Å². The van der Waals surface area contributed by atoms with Gasteiger partial charge in [0.05, 0.1) is 0 Å². The SMILES string of the molecule is Cn1ccnc1SCc1ccc(-c2ccccc2)cc1. The fraction of sp³-hybridized carbons (Fsp3) is 0.118. The molecule has 0 spiro atoms. The van der Waals surface area contributed by atoms with Crippen LogP contribution in [0.2, 0.25) is 0 Å². The summed E-state index contributed by atoms with van der Waals surface area (Å²) in [6, 6.07) is 19.2. The minimum atomic E-state index is 0.944. The number of aryl methyl sites for hydroxylation is 1. The van der Waals surface area contributed by atoms with E-state index in [1.165, 1.54) is 16.7 Å². The lowest BCUT2D eigenvalue weighted by molar-refractivity contribution is 0.790. The molecule has 0 fully saturated rings. The van der Waals surface area contributed by atoms with Crippen molar-refractivity contribution >= 4 is 11.8 Å². The van der Waals surface area contributed by atoms with Crippen molar-refractivity contribution in [2.45, 2.75) is 10.9 Å². The van der Waals surface area contributed by atoms with Crippen LogP contribution in [0.3, 0.4) is 0 Å². The average molecular weight is 280 g/mol. The Bertz CT molecular complexity index is 672. The van der Waals surface area contributed by atoms with E-state index in [-0.39, 0.29) is 0 Å². The summed E-state index contributed by atoms with van der Waals surface area (Å²) in [5.41, 5.74) is 3.84. The molecule has 1 heterocycles. The van der Waals surface area contributed by atoms with E-state index in [0.29, 0.717) is 0 Å². The summed E-state index contributed by atoms with van der Waals surface area (Å²) >= 11 is 1.76. The third kappa shape index (κ3) is 2.94. The third-order valence-corrected chi connectivity index (χ3v) is 4.34. The smallest absolute Gasteiger partial charge is 0.167 e. The Morgan fingerprint density at radius 2 is 1.65 bits per heavy atom. The largest absolute Gasteiger partial charge is 0.329 e. The van der Waals surface area contributed by atoms with Gasteiger partial charge in [-0.15, -0.1) is 0 Å². The Morgan fingerprint density at radius 3 is 2.30 bits per heavy atom.